The van der Waals surface area contributed by atoms with Gasteiger partial charge in [-0.25, -0.2) is 5.84 Å². The number of hydrazine groups is 1. The van der Waals surface area contributed by atoms with E-state index in [1.165, 1.54) is 6.42 Å². The van der Waals surface area contributed by atoms with Crippen LogP contribution < -0.4 is 16.6 Å². The largest absolute Gasteiger partial charge is 0.373 e. The first-order chi connectivity index (χ1) is 9.33. The Morgan fingerprint density at radius 1 is 1.37 bits per heavy atom. The van der Waals surface area contributed by atoms with Gasteiger partial charge in [0.25, 0.3) is 0 Å². The summed E-state index contributed by atoms with van der Waals surface area (Å²) in [5, 5.41) is 11.1. The molecule has 0 saturated carbocycles. The molecule has 2 aromatic heterocycles. The Kier molecular flexibility index (Phi) is 2.32. The fourth-order valence-electron chi connectivity index (χ4n) is 2.97. The van der Waals surface area contributed by atoms with E-state index in [0.29, 0.717) is 23.7 Å². The summed E-state index contributed by atoms with van der Waals surface area (Å²) in [6.07, 6.45) is 5.71. The fraction of sp³-hybridized carbons (Fsp3) is 0.545. The molecule has 8 nitrogen and oxygen atoms in total. The maximum absolute atomic E-state index is 5.84. The number of nitrogens with two attached hydrogens (primary N) is 1. The molecule has 4 rings (SSSR count). The maximum atomic E-state index is 5.84. The van der Waals surface area contributed by atoms with Crippen LogP contribution in [0, 0.1) is 0 Å². The normalized spacial score (nSPS) is 29.0. The summed E-state index contributed by atoms with van der Waals surface area (Å²) in [7, 11) is 0. The van der Waals surface area contributed by atoms with E-state index in [1.807, 2.05) is 0 Å². The van der Waals surface area contributed by atoms with Crippen LogP contribution in [0.25, 0.3) is 11.0 Å². The van der Waals surface area contributed by atoms with Crippen LogP contribution in [0.2, 0.25) is 0 Å². The van der Waals surface area contributed by atoms with E-state index < -0.39 is 0 Å². The fourth-order valence-corrected chi connectivity index (χ4v) is 2.97. The third-order valence-electron chi connectivity index (χ3n) is 3.87. The lowest BCUT2D eigenvalue weighted by molar-refractivity contribution is 0.102. The van der Waals surface area contributed by atoms with Crippen molar-refractivity contribution in [2.45, 2.75) is 37.5 Å². The minimum atomic E-state index is 0.288. The first-order valence-electron chi connectivity index (χ1n) is 6.43. The monoisotopic (exact) mass is 261 g/mol. The van der Waals surface area contributed by atoms with Gasteiger partial charge >= 0.3 is 0 Å². The number of hydrogen-bond donors (Lipinski definition) is 4. The SMILES string of the molecule is NNc1nc(NC2CC3CCC2O3)c2cn[nH]c2n1. The number of nitrogen functional groups attached to an aromatic ring is 1. The van der Waals surface area contributed by atoms with Gasteiger partial charge in [0.15, 0.2) is 5.65 Å². The van der Waals surface area contributed by atoms with Gasteiger partial charge in [-0.1, -0.05) is 0 Å². The molecule has 2 aliphatic rings. The Hall–Kier alpha value is -1.93. The van der Waals surface area contributed by atoms with Crippen molar-refractivity contribution in [3.63, 3.8) is 0 Å². The molecular formula is C11H15N7O. The number of aromatic amines is 1. The van der Waals surface area contributed by atoms with Gasteiger partial charge < -0.3 is 10.1 Å². The molecule has 2 saturated heterocycles. The number of nitrogens with one attached hydrogen (secondary N) is 3. The van der Waals surface area contributed by atoms with Crippen LogP contribution in [-0.2, 0) is 4.74 Å². The number of anilines is 2. The van der Waals surface area contributed by atoms with Crippen molar-refractivity contribution in [2.75, 3.05) is 10.7 Å². The molecule has 0 amide bonds. The molecular weight excluding hydrogens is 246 g/mol. The Balaban J connectivity index is 1.68. The minimum absolute atomic E-state index is 0.288. The number of rotatable bonds is 3. The molecule has 0 aromatic carbocycles. The van der Waals surface area contributed by atoms with Crippen molar-refractivity contribution in [3.8, 4) is 0 Å². The second kappa shape index (κ2) is 4.04. The third-order valence-corrected chi connectivity index (χ3v) is 3.87. The van der Waals surface area contributed by atoms with Gasteiger partial charge in [0.2, 0.25) is 5.95 Å². The van der Waals surface area contributed by atoms with E-state index in [2.05, 4.69) is 30.9 Å². The van der Waals surface area contributed by atoms with Crippen LogP contribution in [0.3, 0.4) is 0 Å². The standard InChI is InChI=1S/C11H15N7O/c12-17-11-15-9(6-4-13-18-10(6)16-11)14-7-3-5-1-2-8(7)19-5/h4-5,7-8H,1-3,12H2,(H3,13,14,15,16,17,18). The average Bonchev–Trinajstić information content (AvgIpc) is 3.13. The summed E-state index contributed by atoms with van der Waals surface area (Å²) in [4.78, 5) is 8.57. The van der Waals surface area contributed by atoms with E-state index in [4.69, 9.17) is 10.6 Å². The first-order valence-corrected chi connectivity index (χ1v) is 6.43. The van der Waals surface area contributed by atoms with Gasteiger partial charge in [0.05, 0.1) is 29.8 Å². The highest BCUT2D eigenvalue weighted by molar-refractivity contribution is 5.87. The molecule has 2 aliphatic heterocycles. The summed E-state index contributed by atoms with van der Waals surface area (Å²) >= 11 is 0. The van der Waals surface area contributed by atoms with Gasteiger partial charge in [-0.05, 0) is 19.3 Å². The molecule has 0 spiro atoms. The predicted molar refractivity (Wildman–Crippen MR) is 69.4 cm³/mol. The van der Waals surface area contributed by atoms with E-state index in [-0.39, 0.29) is 6.10 Å². The van der Waals surface area contributed by atoms with Gasteiger partial charge in [0, 0.05) is 0 Å². The van der Waals surface area contributed by atoms with Gasteiger partial charge in [-0.2, -0.15) is 15.1 Å². The van der Waals surface area contributed by atoms with Crippen molar-refractivity contribution < 1.29 is 4.74 Å². The Labute approximate surface area is 109 Å². The molecule has 2 bridgehead atoms. The van der Waals surface area contributed by atoms with Crippen molar-refractivity contribution >= 4 is 22.8 Å². The highest BCUT2D eigenvalue weighted by Gasteiger charge is 2.41. The first kappa shape index (κ1) is 10.9. The molecule has 100 valence electrons. The summed E-state index contributed by atoms with van der Waals surface area (Å²) in [6.45, 7) is 0. The van der Waals surface area contributed by atoms with Crippen LogP contribution in [0.4, 0.5) is 11.8 Å². The minimum Gasteiger partial charge on any atom is -0.373 e. The van der Waals surface area contributed by atoms with Crippen LogP contribution in [0.15, 0.2) is 6.20 Å². The van der Waals surface area contributed by atoms with Crippen molar-refractivity contribution in [1.82, 2.24) is 20.2 Å². The quantitative estimate of drug-likeness (QED) is 0.466. The highest BCUT2D eigenvalue weighted by atomic mass is 16.5. The van der Waals surface area contributed by atoms with Crippen LogP contribution in [0.1, 0.15) is 19.3 Å². The van der Waals surface area contributed by atoms with E-state index in [1.54, 1.807) is 6.20 Å². The van der Waals surface area contributed by atoms with Crippen molar-refractivity contribution in [2.24, 2.45) is 5.84 Å². The van der Waals surface area contributed by atoms with Crippen LogP contribution >= 0.6 is 0 Å². The van der Waals surface area contributed by atoms with Gasteiger partial charge in [-0.3, -0.25) is 10.5 Å². The van der Waals surface area contributed by atoms with Gasteiger partial charge in [0.1, 0.15) is 5.82 Å². The molecule has 3 unspecified atom stereocenters. The number of H-pyrrole nitrogens is 1. The zero-order chi connectivity index (χ0) is 12.8. The molecule has 4 heterocycles. The summed E-state index contributed by atoms with van der Waals surface area (Å²) in [5.74, 6) is 6.49. The molecule has 19 heavy (non-hydrogen) atoms. The van der Waals surface area contributed by atoms with Crippen LogP contribution in [0.5, 0.6) is 0 Å². The summed E-state index contributed by atoms with van der Waals surface area (Å²) in [6, 6.07) is 0.303. The van der Waals surface area contributed by atoms with E-state index >= 15 is 0 Å². The number of hydrogen-bond acceptors (Lipinski definition) is 7. The highest BCUT2D eigenvalue weighted by Crippen LogP contribution is 2.36. The second-order valence-corrected chi connectivity index (χ2v) is 5.03. The zero-order valence-electron chi connectivity index (χ0n) is 10.3. The topological polar surface area (TPSA) is 114 Å². The Morgan fingerprint density at radius 2 is 2.32 bits per heavy atom. The maximum Gasteiger partial charge on any atom is 0.241 e. The second-order valence-electron chi connectivity index (χ2n) is 5.03. The third kappa shape index (κ3) is 1.71. The molecule has 0 radical (unpaired) electrons. The lowest BCUT2D eigenvalue weighted by atomic mass is 9.95. The van der Waals surface area contributed by atoms with E-state index in [9.17, 15) is 0 Å². The smallest absolute Gasteiger partial charge is 0.241 e. The number of fused-ring (bicyclic) bond motifs is 3. The van der Waals surface area contributed by atoms with Crippen molar-refractivity contribution in [1.29, 1.82) is 0 Å². The predicted octanol–water partition coefficient (Wildman–Crippen LogP) is 0.370. The molecule has 3 atom stereocenters. The van der Waals surface area contributed by atoms with Crippen LogP contribution in [-0.4, -0.2) is 38.4 Å². The molecule has 8 heteroatoms. The summed E-state index contributed by atoms with van der Waals surface area (Å²) in [5.41, 5.74) is 3.13. The molecule has 0 aliphatic carbocycles. The number of nitrogens with zero attached hydrogens (tertiary/aromatic N) is 3. The average molecular weight is 261 g/mol. The molecule has 2 fully saturated rings. The molecule has 5 N–H and O–H groups in total. The Bertz CT molecular complexity index is 612. The lowest BCUT2D eigenvalue weighted by Gasteiger charge is -2.21. The number of aromatic nitrogens is 4. The van der Waals surface area contributed by atoms with E-state index in [0.717, 1.165) is 24.0 Å². The zero-order valence-corrected chi connectivity index (χ0v) is 10.3. The van der Waals surface area contributed by atoms with Gasteiger partial charge in [-0.15, -0.1) is 0 Å². The molecule has 2 aromatic rings. The van der Waals surface area contributed by atoms with Crippen molar-refractivity contribution in [3.05, 3.63) is 6.20 Å². The summed E-state index contributed by atoms with van der Waals surface area (Å²) < 4.78 is 5.84. The Morgan fingerprint density at radius 3 is 3.05 bits per heavy atom. The lowest BCUT2D eigenvalue weighted by Crippen LogP contribution is -2.31. The number of ether oxygens (including phenoxy) is 1.